The molecular formula is C19H19N3O5S. The number of carbonyl (C=O) groups excluding carboxylic acids is 2. The van der Waals surface area contributed by atoms with E-state index in [4.69, 9.17) is 4.74 Å². The topological polar surface area (TPSA) is 114 Å². The molecule has 0 fully saturated rings. The highest BCUT2D eigenvalue weighted by molar-refractivity contribution is 7.90. The molecule has 1 aliphatic rings. The lowest BCUT2D eigenvalue weighted by molar-refractivity contribution is -0.145. The van der Waals surface area contributed by atoms with Crippen molar-refractivity contribution in [3.05, 3.63) is 59.7 Å². The number of anilines is 1. The molecule has 0 radical (unpaired) electrons. The molecule has 0 bridgehead atoms. The minimum Gasteiger partial charge on any atom is -0.454 e. The van der Waals surface area contributed by atoms with Crippen LogP contribution in [0.1, 0.15) is 18.1 Å². The van der Waals surface area contributed by atoms with Crippen LogP contribution in [-0.4, -0.2) is 39.3 Å². The lowest BCUT2D eigenvalue weighted by Crippen LogP contribution is -2.25. The third-order valence-electron chi connectivity index (χ3n) is 4.07. The smallest absolute Gasteiger partial charge is 0.328 e. The van der Waals surface area contributed by atoms with Gasteiger partial charge in [0.15, 0.2) is 6.61 Å². The lowest BCUT2D eigenvalue weighted by atomic mass is 10.1. The molecule has 0 aromatic heterocycles. The van der Waals surface area contributed by atoms with E-state index in [0.29, 0.717) is 11.3 Å². The van der Waals surface area contributed by atoms with E-state index >= 15 is 0 Å². The predicted octanol–water partition coefficient (Wildman–Crippen LogP) is 1.47. The number of carbonyl (C=O) groups is 2. The largest absolute Gasteiger partial charge is 0.454 e. The molecule has 0 spiro atoms. The van der Waals surface area contributed by atoms with Crippen molar-refractivity contribution in [1.82, 2.24) is 4.72 Å². The van der Waals surface area contributed by atoms with Crippen LogP contribution in [0.3, 0.4) is 0 Å². The summed E-state index contributed by atoms with van der Waals surface area (Å²) >= 11 is 0. The molecule has 0 saturated heterocycles. The van der Waals surface area contributed by atoms with Crippen LogP contribution in [0.4, 0.5) is 5.69 Å². The minimum atomic E-state index is -3.67. The van der Waals surface area contributed by atoms with Gasteiger partial charge in [0.05, 0.1) is 4.90 Å². The summed E-state index contributed by atoms with van der Waals surface area (Å²) in [4.78, 5) is 27.9. The zero-order valence-electron chi connectivity index (χ0n) is 15.1. The van der Waals surface area contributed by atoms with Gasteiger partial charge in [0.25, 0.3) is 15.9 Å². The van der Waals surface area contributed by atoms with E-state index in [1.165, 1.54) is 6.07 Å². The van der Waals surface area contributed by atoms with Crippen molar-refractivity contribution in [2.75, 3.05) is 18.5 Å². The van der Waals surface area contributed by atoms with E-state index in [2.05, 4.69) is 15.0 Å². The summed E-state index contributed by atoms with van der Waals surface area (Å²) in [6.07, 6.45) is 0.755. The van der Waals surface area contributed by atoms with Crippen LogP contribution in [0.2, 0.25) is 0 Å². The number of amides is 1. The number of aryl methyl sites for hydroxylation is 1. The second-order valence-corrected chi connectivity index (χ2v) is 7.64. The highest BCUT2D eigenvalue weighted by Gasteiger charge is 2.30. The van der Waals surface area contributed by atoms with Crippen LogP contribution in [0.15, 0.2) is 58.4 Å². The van der Waals surface area contributed by atoms with Gasteiger partial charge >= 0.3 is 5.97 Å². The van der Waals surface area contributed by atoms with Gasteiger partial charge in [-0.3, -0.25) is 19.3 Å². The fourth-order valence-corrected chi connectivity index (χ4v) is 3.97. The second kappa shape index (κ2) is 8.22. The Morgan fingerprint density at radius 1 is 1.11 bits per heavy atom. The Hall–Kier alpha value is -3.20. The molecule has 1 amide bonds. The van der Waals surface area contributed by atoms with E-state index in [1.54, 1.807) is 30.3 Å². The fraction of sp³-hybridized carbons (Fsp3) is 0.211. The van der Waals surface area contributed by atoms with E-state index in [1.807, 2.05) is 19.1 Å². The molecule has 146 valence electrons. The Kier molecular flexibility index (Phi) is 5.74. The van der Waals surface area contributed by atoms with Gasteiger partial charge in [-0.1, -0.05) is 37.3 Å². The molecule has 0 unspecified atom stereocenters. The molecule has 1 heterocycles. The Morgan fingerprint density at radius 3 is 2.61 bits per heavy atom. The number of amidine groups is 1. The molecule has 2 N–H and O–H groups in total. The Morgan fingerprint density at radius 2 is 1.82 bits per heavy atom. The van der Waals surface area contributed by atoms with Crippen LogP contribution in [0.25, 0.3) is 0 Å². The van der Waals surface area contributed by atoms with E-state index < -0.39 is 35.1 Å². The maximum atomic E-state index is 12.0. The number of hydrogen-bond donors (Lipinski definition) is 2. The molecule has 0 atom stereocenters. The maximum absolute atomic E-state index is 12.0. The lowest BCUT2D eigenvalue weighted by Gasteiger charge is -2.09. The summed E-state index contributed by atoms with van der Waals surface area (Å²) in [6.45, 7) is 1.11. The van der Waals surface area contributed by atoms with Crippen molar-refractivity contribution >= 4 is 33.4 Å². The highest BCUT2D eigenvalue weighted by atomic mass is 32.2. The molecule has 9 heteroatoms. The number of esters is 1. The third-order valence-corrected chi connectivity index (χ3v) is 5.46. The van der Waals surface area contributed by atoms with Gasteiger partial charge < -0.3 is 10.1 Å². The highest BCUT2D eigenvalue weighted by Crippen LogP contribution is 2.22. The Bertz CT molecular complexity index is 1050. The molecule has 3 rings (SSSR count). The van der Waals surface area contributed by atoms with Crippen molar-refractivity contribution in [2.45, 2.75) is 18.2 Å². The standard InChI is InChI=1S/C19H19N3O5S/c1-2-13-7-3-5-9-15(13)21-17(23)12-27-18(24)11-20-19-14-8-4-6-10-16(14)28(25,26)22-19/h3-10H,2,11-12H2,1H3,(H,20,22)(H,21,23). The SMILES string of the molecule is CCc1ccccc1NC(=O)COC(=O)CN=C1NS(=O)(=O)c2ccccc21. The summed E-state index contributed by atoms with van der Waals surface area (Å²) in [6, 6.07) is 13.7. The van der Waals surface area contributed by atoms with Crippen molar-refractivity contribution in [3.63, 3.8) is 0 Å². The minimum absolute atomic E-state index is 0.0777. The number of nitrogens with one attached hydrogen (secondary N) is 2. The molecule has 0 saturated carbocycles. The van der Waals surface area contributed by atoms with Gasteiger partial charge in [0, 0.05) is 11.3 Å². The summed E-state index contributed by atoms with van der Waals surface area (Å²) in [7, 11) is -3.67. The molecule has 2 aromatic carbocycles. The molecule has 8 nitrogen and oxygen atoms in total. The van der Waals surface area contributed by atoms with Gasteiger partial charge in [0.1, 0.15) is 12.4 Å². The van der Waals surface area contributed by atoms with E-state index in [9.17, 15) is 18.0 Å². The van der Waals surface area contributed by atoms with Gasteiger partial charge in [-0.2, -0.15) is 0 Å². The van der Waals surface area contributed by atoms with Crippen LogP contribution in [-0.2, 0) is 30.8 Å². The van der Waals surface area contributed by atoms with E-state index in [-0.39, 0.29) is 10.7 Å². The Balaban J connectivity index is 1.55. The summed E-state index contributed by atoms with van der Waals surface area (Å²) < 4.78 is 31.2. The number of ether oxygens (including phenoxy) is 1. The van der Waals surface area contributed by atoms with Crippen LogP contribution >= 0.6 is 0 Å². The van der Waals surface area contributed by atoms with Crippen LogP contribution in [0.5, 0.6) is 0 Å². The maximum Gasteiger partial charge on any atom is 0.328 e. The fourth-order valence-electron chi connectivity index (χ4n) is 2.72. The number of hydrogen-bond acceptors (Lipinski definition) is 6. The predicted molar refractivity (Wildman–Crippen MR) is 104 cm³/mol. The first-order valence-corrected chi connectivity index (χ1v) is 10.1. The zero-order chi connectivity index (χ0) is 20.1. The number of sulfonamides is 1. The number of rotatable bonds is 6. The molecule has 0 aliphatic carbocycles. The summed E-state index contributed by atoms with van der Waals surface area (Å²) in [5, 5.41) is 2.69. The van der Waals surface area contributed by atoms with Crippen molar-refractivity contribution in [2.24, 2.45) is 4.99 Å². The average Bonchev–Trinajstić information content (AvgIpc) is 2.96. The normalized spacial score (nSPS) is 15.5. The third kappa shape index (κ3) is 4.37. The summed E-state index contributed by atoms with van der Waals surface area (Å²) in [5.74, 6) is -1.13. The van der Waals surface area contributed by atoms with Crippen molar-refractivity contribution in [3.8, 4) is 0 Å². The average molecular weight is 401 g/mol. The number of nitrogens with zero attached hydrogens (tertiary/aromatic N) is 1. The van der Waals surface area contributed by atoms with Gasteiger partial charge in [-0.15, -0.1) is 0 Å². The first-order valence-electron chi connectivity index (χ1n) is 8.60. The molecule has 2 aromatic rings. The first-order chi connectivity index (χ1) is 13.4. The molecule has 1 aliphatic heterocycles. The van der Waals surface area contributed by atoms with Crippen LogP contribution < -0.4 is 10.0 Å². The van der Waals surface area contributed by atoms with Crippen LogP contribution in [0, 0.1) is 0 Å². The van der Waals surface area contributed by atoms with E-state index in [0.717, 1.165) is 12.0 Å². The Labute approximate surface area is 162 Å². The van der Waals surface area contributed by atoms with Crippen molar-refractivity contribution in [1.29, 1.82) is 0 Å². The summed E-state index contributed by atoms with van der Waals surface area (Å²) in [5.41, 5.74) is 2.04. The first kappa shape index (κ1) is 19.6. The molecule has 28 heavy (non-hydrogen) atoms. The quantitative estimate of drug-likeness (QED) is 0.712. The monoisotopic (exact) mass is 401 g/mol. The number of fused-ring (bicyclic) bond motifs is 1. The van der Waals surface area contributed by atoms with Gasteiger partial charge in [-0.05, 0) is 30.2 Å². The molecular weight excluding hydrogens is 382 g/mol. The van der Waals surface area contributed by atoms with Crippen molar-refractivity contribution < 1.29 is 22.7 Å². The number of aliphatic imine (C=N–C) groups is 1. The second-order valence-electron chi connectivity index (χ2n) is 5.99. The number of benzene rings is 2. The number of para-hydroxylation sites is 1. The van der Waals surface area contributed by atoms with Gasteiger partial charge in [-0.25, -0.2) is 8.42 Å². The zero-order valence-corrected chi connectivity index (χ0v) is 16.0. The van der Waals surface area contributed by atoms with Gasteiger partial charge in [0.2, 0.25) is 0 Å².